The van der Waals surface area contributed by atoms with E-state index < -0.39 is 0 Å². The van der Waals surface area contributed by atoms with E-state index in [1.165, 1.54) is 0 Å². The van der Waals surface area contributed by atoms with Gasteiger partial charge in [0.15, 0.2) is 6.61 Å². The van der Waals surface area contributed by atoms with Crippen LogP contribution in [-0.2, 0) is 13.2 Å². The maximum Gasteiger partial charge on any atom is 0.394 e. The number of hydrogen-bond acceptors (Lipinski definition) is 5. The summed E-state index contributed by atoms with van der Waals surface area (Å²) in [5.41, 5.74) is 0.841. The van der Waals surface area contributed by atoms with Crippen LogP contribution < -0.4 is 10.1 Å². The minimum Gasteiger partial charge on any atom is -0.466 e. The average molecular weight is 236 g/mol. The fourth-order valence-electron chi connectivity index (χ4n) is 1.36. The molecule has 5 heteroatoms. The van der Waals surface area contributed by atoms with Crippen molar-refractivity contribution in [2.45, 2.75) is 26.5 Å². The number of nitrogens with one attached hydrogen (secondary N) is 1. The third kappa shape index (κ3) is 3.64. The first-order valence-electron chi connectivity index (χ1n) is 5.69. The summed E-state index contributed by atoms with van der Waals surface area (Å²) in [5.74, 6) is 0.744. The third-order valence-electron chi connectivity index (χ3n) is 2.18. The molecule has 0 amide bonds. The topological polar surface area (TPSA) is 60.4 Å². The summed E-state index contributed by atoms with van der Waals surface area (Å²) >= 11 is 0. The van der Waals surface area contributed by atoms with Crippen LogP contribution in [0, 0.1) is 0 Å². The molecule has 0 aliphatic heterocycles. The minimum atomic E-state index is 0.273. The predicted octanol–water partition coefficient (Wildman–Crippen LogP) is 2.35. The van der Waals surface area contributed by atoms with Gasteiger partial charge in [0, 0.05) is 6.54 Å². The van der Waals surface area contributed by atoms with Crippen molar-refractivity contribution in [1.82, 2.24) is 10.3 Å². The van der Waals surface area contributed by atoms with E-state index in [1.807, 2.05) is 12.1 Å². The minimum absolute atomic E-state index is 0.273. The number of furan rings is 1. The molecule has 92 valence electrons. The lowest BCUT2D eigenvalue weighted by atomic mass is 10.4. The Morgan fingerprint density at radius 3 is 3.12 bits per heavy atom. The summed E-state index contributed by atoms with van der Waals surface area (Å²) in [5, 5.41) is 3.24. The van der Waals surface area contributed by atoms with Gasteiger partial charge in [0.05, 0.1) is 12.0 Å². The van der Waals surface area contributed by atoms with Gasteiger partial charge < -0.3 is 18.9 Å². The maximum absolute atomic E-state index is 5.34. The van der Waals surface area contributed by atoms with Crippen molar-refractivity contribution in [1.29, 1.82) is 0 Å². The molecule has 0 aliphatic carbocycles. The number of nitrogens with zero attached hydrogens (tertiary/aromatic N) is 1. The maximum atomic E-state index is 5.34. The van der Waals surface area contributed by atoms with Crippen LogP contribution in [0.4, 0.5) is 0 Å². The van der Waals surface area contributed by atoms with Crippen molar-refractivity contribution in [3.8, 4) is 6.08 Å². The molecule has 0 aliphatic rings. The molecule has 5 nitrogen and oxygen atoms in total. The van der Waals surface area contributed by atoms with E-state index in [1.54, 1.807) is 12.5 Å². The SMILES string of the molecule is CCCNCc1coc(OCc2ccco2)n1. The van der Waals surface area contributed by atoms with Crippen LogP contribution in [0.3, 0.4) is 0 Å². The van der Waals surface area contributed by atoms with Crippen molar-refractivity contribution < 1.29 is 13.6 Å². The highest BCUT2D eigenvalue weighted by Gasteiger charge is 2.05. The second kappa shape index (κ2) is 6.10. The molecule has 0 atom stereocenters. The van der Waals surface area contributed by atoms with E-state index in [-0.39, 0.29) is 6.08 Å². The smallest absolute Gasteiger partial charge is 0.394 e. The van der Waals surface area contributed by atoms with Gasteiger partial charge in [-0.1, -0.05) is 6.92 Å². The molecular weight excluding hydrogens is 220 g/mol. The van der Waals surface area contributed by atoms with Crippen molar-refractivity contribution in [2.75, 3.05) is 6.54 Å². The van der Waals surface area contributed by atoms with Crippen molar-refractivity contribution in [3.05, 3.63) is 36.1 Å². The molecule has 0 unspecified atom stereocenters. The van der Waals surface area contributed by atoms with Crippen LogP contribution in [0.25, 0.3) is 0 Å². The molecule has 17 heavy (non-hydrogen) atoms. The highest BCUT2D eigenvalue weighted by Crippen LogP contribution is 2.12. The van der Waals surface area contributed by atoms with Crippen LogP contribution >= 0.6 is 0 Å². The first kappa shape index (κ1) is 11.7. The van der Waals surface area contributed by atoms with Crippen LogP contribution in [0.1, 0.15) is 24.8 Å². The van der Waals surface area contributed by atoms with Gasteiger partial charge >= 0.3 is 6.08 Å². The van der Waals surface area contributed by atoms with E-state index in [0.717, 1.165) is 24.4 Å². The van der Waals surface area contributed by atoms with Gasteiger partial charge in [-0.15, -0.1) is 0 Å². The number of oxazole rings is 1. The summed E-state index contributed by atoms with van der Waals surface area (Å²) in [4.78, 5) is 4.19. The Bertz CT molecular complexity index is 423. The molecule has 0 spiro atoms. The first-order valence-corrected chi connectivity index (χ1v) is 5.69. The fourth-order valence-corrected chi connectivity index (χ4v) is 1.36. The molecule has 0 aromatic carbocycles. The molecule has 1 N–H and O–H groups in total. The molecule has 0 saturated carbocycles. The Labute approximate surface area is 99.8 Å². The lowest BCUT2D eigenvalue weighted by molar-refractivity contribution is 0.200. The summed E-state index contributed by atoms with van der Waals surface area (Å²) < 4.78 is 15.7. The van der Waals surface area contributed by atoms with Crippen molar-refractivity contribution >= 4 is 0 Å². The Kier molecular flexibility index (Phi) is 4.21. The summed E-state index contributed by atoms with van der Waals surface area (Å²) in [6, 6.07) is 3.65. The van der Waals surface area contributed by atoms with E-state index in [9.17, 15) is 0 Å². The number of aromatic nitrogens is 1. The molecule has 2 aromatic rings. The number of rotatable bonds is 7. The molecule has 0 bridgehead atoms. The van der Waals surface area contributed by atoms with Gasteiger partial charge in [-0.3, -0.25) is 0 Å². The van der Waals surface area contributed by atoms with E-state index in [2.05, 4.69) is 17.2 Å². The first-order chi connectivity index (χ1) is 8.38. The second-order valence-corrected chi connectivity index (χ2v) is 3.65. The van der Waals surface area contributed by atoms with Gasteiger partial charge in [0.25, 0.3) is 0 Å². The Balaban J connectivity index is 1.77. The lowest BCUT2D eigenvalue weighted by Crippen LogP contribution is -2.13. The molecular formula is C12H16N2O3. The highest BCUT2D eigenvalue weighted by atomic mass is 16.6. The van der Waals surface area contributed by atoms with E-state index in [0.29, 0.717) is 13.2 Å². The van der Waals surface area contributed by atoms with Crippen LogP contribution in [0.2, 0.25) is 0 Å². The van der Waals surface area contributed by atoms with Crippen LogP contribution in [0.5, 0.6) is 6.08 Å². The number of hydrogen-bond donors (Lipinski definition) is 1. The van der Waals surface area contributed by atoms with Crippen molar-refractivity contribution in [3.63, 3.8) is 0 Å². The standard InChI is InChI=1S/C12H16N2O3/c1-2-5-13-7-10-8-16-12(14-10)17-9-11-4-3-6-15-11/h3-4,6,8,13H,2,5,7,9H2,1H3. The van der Waals surface area contributed by atoms with E-state index in [4.69, 9.17) is 13.6 Å². The third-order valence-corrected chi connectivity index (χ3v) is 2.18. The molecule has 2 aromatic heterocycles. The van der Waals surface area contributed by atoms with Crippen LogP contribution in [0.15, 0.2) is 33.5 Å². The molecule has 2 rings (SSSR count). The Morgan fingerprint density at radius 2 is 2.35 bits per heavy atom. The zero-order chi connectivity index (χ0) is 11.9. The monoisotopic (exact) mass is 236 g/mol. The van der Waals surface area contributed by atoms with Gasteiger partial charge in [-0.2, -0.15) is 4.98 Å². The van der Waals surface area contributed by atoms with E-state index >= 15 is 0 Å². The number of ether oxygens (including phenoxy) is 1. The predicted molar refractivity (Wildman–Crippen MR) is 61.5 cm³/mol. The van der Waals surface area contributed by atoms with Gasteiger partial charge in [-0.25, -0.2) is 0 Å². The summed E-state index contributed by atoms with van der Waals surface area (Å²) in [6.45, 7) is 4.11. The summed E-state index contributed by atoms with van der Waals surface area (Å²) in [6.07, 6.45) is 4.57. The fraction of sp³-hybridized carbons (Fsp3) is 0.417. The van der Waals surface area contributed by atoms with Gasteiger partial charge in [-0.05, 0) is 25.1 Å². The molecule has 0 fully saturated rings. The van der Waals surface area contributed by atoms with Gasteiger partial charge in [0.1, 0.15) is 12.0 Å². The summed E-state index contributed by atoms with van der Waals surface area (Å²) in [7, 11) is 0. The average Bonchev–Trinajstić information content (AvgIpc) is 2.98. The zero-order valence-electron chi connectivity index (χ0n) is 9.81. The zero-order valence-corrected chi connectivity index (χ0v) is 9.81. The largest absolute Gasteiger partial charge is 0.466 e. The molecule has 0 radical (unpaired) electrons. The highest BCUT2D eigenvalue weighted by molar-refractivity contribution is 5.01. The molecule has 2 heterocycles. The van der Waals surface area contributed by atoms with Gasteiger partial charge in [0.2, 0.25) is 0 Å². The quantitative estimate of drug-likeness (QED) is 0.748. The normalized spacial score (nSPS) is 10.6. The Hall–Kier alpha value is -1.75. The van der Waals surface area contributed by atoms with Crippen LogP contribution in [-0.4, -0.2) is 11.5 Å². The molecule has 0 saturated heterocycles. The second-order valence-electron chi connectivity index (χ2n) is 3.65. The van der Waals surface area contributed by atoms with Crippen molar-refractivity contribution in [2.24, 2.45) is 0 Å². The Morgan fingerprint density at radius 1 is 1.41 bits per heavy atom. The lowest BCUT2D eigenvalue weighted by Gasteiger charge is -1.98.